The van der Waals surface area contributed by atoms with Crippen molar-refractivity contribution in [3.05, 3.63) is 35.6 Å². The molecule has 3 atom stereocenters. The minimum Gasteiger partial charge on any atom is -0.327 e. The number of nitrogens with two attached hydrogens (primary N) is 1. The van der Waals surface area contributed by atoms with Gasteiger partial charge in [0.25, 0.3) is 0 Å². The van der Waals surface area contributed by atoms with Crippen LogP contribution >= 0.6 is 0 Å². The predicted octanol–water partition coefficient (Wildman–Crippen LogP) is 2.74. The van der Waals surface area contributed by atoms with Gasteiger partial charge in [0.15, 0.2) is 0 Å². The van der Waals surface area contributed by atoms with Gasteiger partial charge in [-0.15, -0.1) is 0 Å². The molecule has 0 aliphatic heterocycles. The third-order valence-corrected chi connectivity index (χ3v) is 4.38. The molecule has 0 spiro atoms. The molecule has 16 heavy (non-hydrogen) atoms. The highest BCUT2D eigenvalue weighted by molar-refractivity contribution is 5.20. The van der Waals surface area contributed by atoms with E-state index < -0.39 is 0 Å². The molecule has 0 heterocycles. The summed E-state index contributed by atoms with van der Waals surface area (Å²) >= 11 is 0. The normalized spacial score (nSPS) is 33.5. The molecule has 0 amide bonds. The Morgan fingerprint density at radius 3 is 2.62 bits per heavy atom. The van der Waals surface area contributed by atoms with Crippen LogP contribution < -0.4 is 5.73 Å². The van der Waals surface area contributed by atoms with Crippen molar-refractivity contribution in [2.75, 3.05) is 0 Å². The van der Waals surface area contributed by atoms with E-state index in [1.807, 2.05) is 12.1 Å². The molecule has 2 fully saturated rings. The van der Waals surface area contributed by atoms with Crippen LogP contribution in [0.3, 0.4) is 0 Å². The Morgan fingerprint density at radius 2 is 1.94 bits per heavy atom. The monoisotopic (exact) mass is 219 g/mol. The maximum Gasteiger partial charge on any atom is 0.126 e. The summed E-state index contributed by atoms with van der Waals surface area (Å²) in [5, 5.41) is 0. The third kappa shape index (κ3) is 1.65. The van der Waals surface area contributed by atoms with Crippen molar-refractivity contribution in [1.29, 1.82) is 0 Å². The molecule has 3 rings (SSSR count). The average Bonchev–Trinajstić information content (AvgIpc) is 2.76. The summed E-state index contributed by atoms with van der Waals surface area (Å²) in [6.07, 6.45) is 4.77. The molecular formula is C14H18FN. The van der Waals surface area contributed by atoms with E-state index in [1.165, 1.54) is 25.3 Å². The van der Waals surface area contributed by atoms with Crippen molar-refractivity contribution < 1.29 is 4.39 Å². The highest BCUT2D eigenvalue weighted by Gasteiger charge is 2.54. The van der Waals surface area contributed by atoms with Crippen LogP contribution in [0.1, 0.15) is 24.8 Å². The quantitative estimate of drug-likeness (QED) is 0.831. The Morgan fingerprint density at radius 1 is 1.25 bits per heavy atom. The molecular weight excluding hydrogens is 201 g/mol. The highest BCUT2D eigenvalue weighted by Crippen LogP contribution is 2.58. The van der Waals surface area contributed by atoms with Crippen LogP contribution in [0.5, 0.6) is 0 Å². The van der Waals surface area contributed by atoms with Crippen molar-refractivity contribution in [3.8, 4) is 0 Å². The minimum absolute atomic E-state index is 0.108. The van der Waals surface area contributed by atoms with E-state index in [0.29, 0.717) is 12.3 Å². The highest BCUT2D eigenvalue weighted by atomic mass is 19.1. The Labute approximate surface area is 95.8 Å². The number of hydrogen-bond donors (Lipinski definition) is 1. The first kappa shape index (κ1) is 10.3. The van der Waals surface area contributed by atoms with E-state index in [-0.39, 0.29) is 11.9 Å². The third-order valence-electron chi connectivity index (χ3n) is 4.38. The molecule has 1 nitrogen and oxygen atoms in total. The number of halogens is 1. The molecule has 0 saturated heterocycles. The van der Waals surface area contributed by atoms with E-state index >= 15 is 0 Å². The minimum atomic E-state index is -0.108. The van der Waals surface area contributed by atoms with Crippen molar-refractivity contribution in [3.63, 3.8) is 0 Å². The van der Waals surface area contributed by atoms with Gasteiger partial charge >= 0.3 is 0 Å². The summed E-state index contributed by atoms with van der Waals surface area (Å²) in [4.78, 5) is 0. The van der Waals surface area contributed by atoms with Crippen LogP contribution in [0, 0.1) is 23.6 Å². The van der Waals surface area contributed by atoms with Gasteiger partial charge in [0.2, 0.25) is 0 Å². The maximum absolute atomic E-state index is 13.5. The van der Waals surface area contributed by atoms with Gasteiger partial charge in [0, 0.05) is 6.04 Å². The first-order valence-corrected chi connectivity index (χ1v) is 6.26. The second-order valence-electron chi connectivity index (χ2n) is 5.30. The summed E-state index contributed by atoms with van der Waals surface area (Å²) in [6, 6.07) is 7.16. The topological polar surface area (TPSA) is 26.0 Å². The predicted molar refractivity (Wildman–Crippen MR) is 62.4 cm³/mol. The van der Waals surface area contributed by atoms with Gasteiger partial charge in [-0.25, -0.2) is 4.39 Å². The molecule has 1 aromatic carbocycles. The Balaban J connectivity index is 1.65. The molecule has 86 valence electrons. The summed E-state index contributed by atoms with van der Waals surface area (Å²) in [7, 11) is 0. The van der Waals surface area contributed by atoms with Crippen LogP contribution in [0.15, 0.2) is 24.3 Å². The lowest BCUT2D eigenvalue weighted by atomic mass is 9.98. The van der Waals surface area contributed by atoms with Gasteiger partial charge in [-0.05, 0) is 48.6 Å². The second kappa shape index (κ2) is 3.85. The summed E-state index contributed by atoms with van der Waals surface area (Å²) < 4.78 is 13.5. The number of hydrogen-bond acceptors (Lipinski definition) is 1. The Bertz CT molecular complexity index is 380. The summed E-state index contributed by atoms with van der Waals surface area (Å²) in [5.74, 6) is 2.29. The zero-order valence-corrected chi connectivity index (χ0v) is 9.40. The number of rotatable bonds is 3. The van der Waals surface area contributed by atoms with Gasteiger partial charge in [0.1, 0.15) is 5.82 Å². The van der Waals surface area contributed by atoms with Crippen molar-refractivity contribution in [2.45, 2.75) is 31.7 Å². The van der Waals surface area contributed by atoms with E-state index in [9.17, 15) is 4.39 Å². The smallest absolute Gasteiger partial charge is 0.126 e. The van der Waals surface area contributed by atoms with Crippen molar-refractivity contribution in [2.24, 2.45) is 23.5 Å². The lowest BCUT2D eigenvalue weighted by Gasteiger charge is -2.14. The fourth-order valence-corrected chi connectivity index (χ4v) is 3.57. The fraction of sp³-hybridized carbons (Fsp3) is 0.571. The molecule has 2 aliphatic carbocycles. The van der Waals surface area contributed by atoms with E-state index in [2.05, 4.69) is 0 Å². The largest absolute Gasteiger partial charge is 0.327 e. The molecule has 2 heteroatoms. The van der Waals surface area contributed by atoms with Crippen LogP contribution in [0.25, 0.3) is 0 Å². The SMILES string of the molecule is NC(Cc1ccccc1F)C1C2CCCC21. The van der Waals surface area contributed by atoms with Crippen molar-refractivity contribution >= 4 is 0 Å². The molecule has 2 saturated carbocycles. The van der Waals surface area contributed by atoms with Crippen LogP contribution in [-0.2, 0) is 6.42 Å². The first-order valence-electron chi connectivity index (χ1n) is 6.26. The molecule has 0 bridgehead atoms. The lowest BCUT2D eigenvalue weighted by molar-refractivity contribution is 0.475. The van der Waals surface area contributed by atoms with Gasteiger partial charge in [0.05, 0.1) is 0 Å². The first-order chi connectivity index (χ1) is 7.77. The fourth-order valence-electron chi connectivity index (χ4n) is 3.57. The number of benzene rings is 1. The van der Waals surface area contributed by atoms with Crippen molar-refractivity contribution in [1.82, 2.24) is 0 Å². The zero-order valence-electron chi connectivity index (χ0n) is 9.40. The van der Waals surface area contributed by atoms with Gasteiger partial charge in [-0.3, -0.25) is 0 Å². The summed E-state index contributed by atoms with van der Waals surface area (Å²) in [6.45, 7) is 0. The van der Waals surface area contributed by atoms with Crippen LogP contribution in [0.4, 0.5) is 4.39 Å². The zero-order chi connectivity index (χ0) is 11.1. The number of fused-ring (bicyclic) bond motifs is 1. The molecule has 2 aliphatic rings. The standard InChI is InChI=1S/C14H18FN/c15-12-7-2-1-4-9(12)8-13(16)14-10-5-3-6-11(10)14/h1-2,4,7,10-11,13-14H,3,5-6,8,16H2. The molecule has 0 aromatic heterocycles. The second-order valence-corrected chi connectivity index (χ2v) is 5.30. The van der Waals surface area contributed by atoms with E-state index in [0.717, 1.165) is 17.4 Å². The maximum atomic E-state index is 13.5. The van der Waals surface area contributed by atoms with E-state index in [4.69, 9.17) is 5.73 Å². The van der Waals surface area contributed by atoms with Crippen LogP contribution in [-0.4, -0.2) is 6.04 Å². The summed E-state index contributed by atoms with van der Waals surface area (Å²) in [5.41, 5.74) is 6.98. The van der Waals surface area contributed by atoms with E-state index in [1.54, 1.807) is 6.07 Å². The molecule has 2 N–H and O–H groups in total. The molecule has 3 unspecified atom stereocenters. The van der Waals surface area contributed by atoms with Crippen LogP contribution in [0.2, 0.25) is 0 Å². The lowest BCUT2D eigenvalue weighted by Crippen LogP contribution is -2.27. The van der Waals surface area contributed by atoms with Gasteiger partial charge in [-0.2, -0.15) is 0 Å². The molecule has 0 radical (unpaired) electrons. The van der Waals surface area contributed by atoms with Gasteiger partial charge < -0.3 is 5.73 Å². The Kier molecular flexibility index (Phi) is 2.47. The van der Waals surface area contributed by atoms with Gasteiger partial charge in [-0.1, -0.05) is 24.6 Å². The average molecular weight is 219 g/mol. The Hall–Kier alpha value is -0.890. The molecule has 1 aromatic rings.